The van der Waals surface area contributed by atoms with E-state index in [9.17, 15) is 0 Å². The van der Waals surface area contributed by atoms with Crippen molar-refractivity contribution in [3.63, 3.8) is 0 Å². The van der Waals surface area contributed by atoms with Crippen LogP contribution >= 0.6 is 73.3 Å². The fourth-order valence-electron chi connectivity index (χ4n) is 11.5. The third-order valence-electron chi connectivity index (χ3n) is 15.2. The zero-order chi connectivity index (χ0) is 71.8. The van der Waals surface area contributed by atoms with Gasteiger partial charge in [-0.1, -0.05) is 259 Å². The first-order valence-corrected chi connectivity index (χ1v) is 39.5. The Kier molecular flexibility index (Phi) is 55.2. The van der Waals surface area contributed by atoms with Gasteiger partial charge >= 0.3 is 0 Å². The Bertz CT molecular complexity index is 2730. The predicted octanol–water partition coefficient (Wildman–Crippen LogP) is 23.0. The summed E-state index contributed by atoms with van der Waals surface area (Å²) in [5, 5.41) is 18.6. The number of rotatable bonds is 30. The predicted molar refractivity (Wildman–Crippen MR) is 468 cm³/mol. The minimum Gasteiger partial charge on any atom is -0.411 e. The van der Waals surface area contributed by atoms with Gasteiger partial charge in [-0.05, 0) is 180 Å². The zero-order valence-corrected chi connectivity index (χ0v) is 71.5. The number of nitrogens with one attached hydrogen (secondary N) is 6. The van der Waals surface area contributed by atoms with Crippen molar-refractivity contribution < 1.29 is 21.1 Å². The average molecular weight is 1610 g/mol. The Balaban J connectivity index is 0.00000114. The van der Waals surface area contributed by atoms with Crippen molar-refractivity contribution in [1.82, 2.24) is 0 Å². The summed E-state index contributed by atoms with van der Waals surface area (Å²) in [5.41, 5.74) is 23.3. The van der Waals surface area contributed by atoms with Gasteiger partial charge in [0.2, 0.25) is 0 Å². The molecule has 0 aliphatic rings. The number of hydrogen-bond acceptors (Lipinski definition) is 12. The summed E-state index contributed by atoms with van der Waals surface area (Å²) < 4.78 is 2.53. The van der Waals surface area contributed by atoms with Gasteiger partial charge in [-0.3, -0.25) is 0 Å². The Morgan fingerprint density at radius 3 is 0.423 bits per heavy atom. The summed E-state index contributed by atoms with van der Waals surface area (Å²) in [5.74, 6) is 0. The molecule has 0 aliphatic heterocycles. The topological polar surface area (TPSA) is 72.2 Å². The number of hydrogen-bond donors (Lipinski definition) is 6. The molecule has 0 unspecified atom stereocenters. The average Bonchev–Trinajstić information content (AvgIpc) is 1.03. The molecule has 0 amide bonds. The molecule has 6 aromatic rings. The van der Waals surface area contributed by atoms with E-state index in [-0.39, 0.29) is 21.1 Å². The van der Waals surface area contributed by atoms with Gasteiger partial charge in [-0.2, -0.15) is 0 Å². The minimum atomic E-state index is 0. The molecule has 0 bridgehead atoms. The van der Waals surface area contributed by atoms with Crippen LogP contribution in [0.3, 0.4) is 0 Å². The van der Waals surface area contributed by atoms with Crippen molar-refractivity contribution in [2.45, 2.75) is 237 Å². The molecule has 6 aromatic carbocycles. The number of aryl methyl sites for hydroxylation is 6. The van der Waals surface area contributed by atoms with Crippen molar-refractivity contribution in [2.24, 2.45) is 0 Å². The summed E-state index contributed by atoms with van der Waals surface area (Å²) in [4.78, 5) is 0. The minimum absolute atomic E-state index is 0. The maximum atomic E-state index is 4.93. The maximum absolute atomic E-state index is 4.93. The third-order valence-corrected chi connectivity index (χ3v) is 16.4. The molecule has 19 heteroatoms. The second-order valence-electron chi connectivity index (χ2n) is 23.1. The van der Waals surface area contributed by atoms with E-state index in [1.807, 2.05) is 0 Å². The van der Waals surface area contributed by atoms with Crippen LogP contribution in [0, 0.1) is 0 Å². The Hall–Kier alpha value is -3.33. The molecule has 0 heterocycles. The van der Waals surface area contributed by atoms with Crippen LogP contribution in [0.4, 0.5) is 34.1 Å². The number of anilines is 6. The molecule has 97 heavy (non-hydrogen) atoms. The van der Waals surface area contributed by atoms with Gasteiger partial charge in [-0.15, -0.1) is 0 Å². The molecule has 0 radical (unpaired) electrons. The van der Waals surface area contributed by atoms with E-state index in [1.54, 1.807) is 0 Å². The summed E-state index contributed by atoms with van der Waals surface area (Å²) in [7, 11) is 0. The largest absolute Gasteiger partial charge is 0.411 e. The van der Waals surface area contributed by atoms with E-state index in [0.29, 0.717) is 25.9 Å². The van der Waals surface area contributed by atoms with E-state index in [0.717, 1.165) is 150 Å². The molecular formula is C78H108MoN6S12-6. The van der Waals surface area contributed by atoms with Gasteiger partial charge in [-0.25, -0.2) is 0 Å². The van der Waals surface area contributed by atoms with E-state index in [2.05, 4.69) is 224 Å². The van der Waals surface area contributed by atoms with Crippen molar-refractivity contribution in [3.8, 4) is 0 Å². The van der Waals surface area contributed by atoms with Crippen LogP contribution in [0.2, 0.25) is 0 Å². The normalized spacial score (nSPS) is 10.0. The van der Waals surface area contributed by atoms with Gasteiger partial charge in [0.1, 0.15) is 0 Å². The van der Waals surface area contributed by atoms with Gasteiger partial charge in [0.15, 0.2) is 0 Å². The van der Waals surface area contributed by atoms with Crippen LogP contribution in [-0.2, 0) is 174 Å². The van der Waals surface area contributed by atoms with E-state index >= 15 is 0 Å². The SMILES string of the molecule is CCCc1cccc(NC(=S)[S-])c1CCC.CCCc1cccc(NC(=S)[S-])c1CCC.CCCc1cccc(NC(=S)[S-])c1CCC.CCCc1cccc(NC(=S)[S-])c1CCC.CCCc1cccc(NC(=S)[S-])c1CCC.CCCc1cccc(NC(=S)[S-])c1CCC.[Mo]. The monoisotopic (exact) mass is 1610 g/mol. The summed E-state index contributed by atoms with van der Waals surface area (Å²) in [6.45, 7) is 26.4. The molecule has 6 nitrogen and oxygen atoms in total. The summed E-state index contributed by atoms with van der Waals surface area (Å²) in [6, 6.07) is 38.0. The van der Waals surface area contributed by atoms with E-state index in [4.69, 9.17) is 149 Å². The fourth-order valence-corrected chi connectivity index (χ4v) is 12.8. The van der Waals surface area contributed by atoms with Crippen molar-refractivity contribution in [1.29, 1.82) is 0 Å². The van der Waals surface area contributed by atoms with Gasteiger partial charge in [0, 0.05) is 55.2 Å². The molecule has 6 N–H and O–H groups in total. The van der Waals surface area contributed by atoms with Crippen LogP contribution in [0.1, 0.15) is 227 Å². The van der Waals surface area contributed by atoms with Gasteiger partial charge < -0.3 is 181 Å². The number of benzene rings is 6. The van der Waals surface area contributed by atoms with Crippen LogP contribution in [0.5, 0.6) is 0 Å². The standard InChI is InChI=1S/6C13H19NS2.Mo/c6*1-3-6-10-8-5-9-12(14-13(15)16)11(10)7-4-2;/h6*5,8-9H,3-4,6-7H2,1-2H3,(H2,14,15,16);/p-6. The molecule has 0 saturated carbocycles. The summed E-state index contributed by atoms with van der Waals surface area (Å²) >= 11 is 59.2. The van der Waals surface area contributed by atoms with Gasteiger partial charge in [0.05, 0.1) is 0 Å². The first-order chi connectivity index (χ1) is 46.1. The van der Waals surface area contributed by atoms with E-state index in [1.165, 1.54) is 105 Å². The van der Waals surface area contributed by atoms with Crippen molar-refractivity contribution >= 4 is 209 Å². The van der Waals surface area contributed by atoms with Crippen LogP contribution in [0.25, 0.3) is 0 Å². The Labute approximate surface area is 668 Å². The van der Waals surface area contributed by atoms with Crippen molar-refractivity contribution in [3.05, 3.63) is 176 Å². The molecule has 0 spiro atoms. The second kappa shape index (κ2) is 57.2. The first kappa shape index (κ1) is 93.7. The molecule has 0 aliphatic carbocycles. The Morgan fingerprint density at radius 2 is 0.330 bits per heavy atom. The van der Waals surface area contributed by atoms with E-state index < -0.39 is 0 Å². The molecule has 0 fully saturated rings. The summed E-state index contributed by atoms with van der Waals surface area (Å²) in [6.07, 6.45) is 27.0. The molecule has 0 atom stereocenters. The molecule has 534 valence electrons. The van der Waals surface area contributed by atoms with Crippen LogP contribution in [-0.4, -0.2) is 25.9 Å². The number of thiocarbonyl (C=S) groups is 6. The second-order valence-corrected chi connectivity index (χ2v) is 29.6. The molecule has 6 rings (SSSR count). The van der Waals surface area contributed by atoms with Crippen molar-refractivity contribution in [2.75, 3.05) is 31.9 Å². The molecular weight excluding hydrogens is 1500 g/mol. The fraction of sp³-hybridized carbons (Fsp3) is 0.462. The smallest absolute Gasteiger partial charge is 0.0406 e. The van der Waals surface area contributed by atoms with Crippen LogP contribution < -0.4 is 31.9 Å². The zero-order valence-electron chi connectivity index (χ0n) is 59.7. The quantitative estimate of drug-likeness (QED) is 0.0147. The maximum Gasteiger partial charge on any atom is 0.0406 e. The van der Waals surface area contributed by atoms with Crippen LogP contribution in [0.15, 0.2) is 109 Å². The Morgan fingerprint density at radius 1 is 0.216 bits per heavy atom. The molecule has 0 aromatic heterocycles. The van der Waals surface area contributed by atoms with Gasteiger partial charge in [0.25, 0.3) is 0 Å². The first-order valence-electron chi connectivity index (χ1n) is 34.6. The molecule has 0 saturated heterocycles. The third kappa shape index (κ3) is 38.5.